The molecule has 2 aromatic heterocycles. The molecule has 0 radical (unpaired) electrons. The zero-order chi connectivity index (χ0) is 20.7. The van der Waals surface area contributed by atoms with Gasteiger partial charge in [-0.2, -0.15) is 9.50 Å². The van der Waals surface area contributed by atoms with Crippen molar-refractivity contribution in [3.63, 3.8) is 0 Å². The molecule has 6 nitrogen and oxygen atoms in total. The van der Waals surface area contributed by atoms with Crippen LogP contribution in [0.5, 0.6) is 11.5 Å². The lowest BCUT2D eigenvalue weighted by molar-refractivity contribution is 0.259. The SMILES string of the molecule is CCOc1ccc(-c2nc3s/c(=C\C4=Cc5ccccc5O[C@H]4C)c(=O)n3n2)cc1. The van der Waals surface area contributed by atoms with E-state index < -0.39 is 0 Å². The van der Waals surface area contributed by atoms with Gasteiger partial charge in [-0.3, -0.25) is 4.79 Å². The summed E-state index contributed by atoms with van der Waals surface area (Å²) in [5.41, 5.74) is 2.62. The molecule has 0 saturated carbocycles. The van der Waals surface area contributed by atoms with Crippen LogP contribution in [-0.2, 0) is 0 Å². The van der Waals surface area contributed by atoms with Crippen molar-refractivity contribution in [1.82, 2.24) is 14.6 Å². The highest BCUT2D eigenvalue weighted by Crippen LogP contribution is 2.29. The highest BCUT2D eigenvalue weighted by Gasteiger charge is 2.18. The van der Waals surface area contributed by atoms with E-state index in [0.717, 1.165) is 28.2 Å². The van der Waals surface area contributed by atoms with Gasteiger partial charge < -0.3 is 9.47 Å². The Morgan fingerprint density at radius 2 is 2.00 bits per heavy atom. The molecule has 5 rings (SSSR count). The van der Waals surface area contributed by atoms with Gasteiger partial charge in [0, 0.05) is 11.1 Å². The second-order valence-electron chi connectivity index (χ2n) is 6.95. The first-order valence-electron chi connectivity index (χ1n) is 9.74. The van der Waals surface area contributed by atoms with Gasteiger partial charge in [0.25, 0.3) is 5.56 Å². The number of hydrogen-bond donors (Lipinski definition) is 0. The molecule has 2 aromatic carbocycles. The van der Waals surface area contributed by atoms with Crippen molar-refractivity contribution in [3.8, 4) is 22.9 Å². The first-order valence-corrected chi connectivity index (χ1v) is 10.6. The first-order chi connectivity index (χ1) is 14.6. The molecule has 0 bridgehead atoms. The average Bonchev–Trinajstić information content (AvgIpc) is 3.29. The van der Waals surface area contributed by atoms with Crippen LogP contribution < -0.4 is 19.6 Å². The van der Waals surface area contributed by atoms with Gasteiger partial charge in [-0.15, -0.1) is 5.10 Å². The number of benzene rings is 2. The summed E-state index contributed by atoms with van der Waals surface area (Å²) in [7, 11) is 0. The van der Waals surface area contributed by atoms with Crippen molar-refractivity contribution in [2.75, 3.05) is 6.61 Å². The highest BCUT2D eigenvalue weighted by molar-refractivity contribution is 7.15. The lowest BCUT2D eigenvalue weighted by atomic mass is 10.0. The van der Waals surface area contributed by atoms with E-state index in [1.807, 2.05) is 68.5 Å². The number of ether oxygens (including phenoxy) is 2. The van der Waals surface area contributed by atoms with Crippen LogP contribution in [0.2, 0.25) is 0 Å². The van der Waals surface area contributed by atoms with Crippen molar-refractivity contribution in [2.24, 2.45) is 0 Å². The van der Waals surface area contributed by atoms with Crippen LogP contribution in [0.3, 0.4) is 0 Å². The van der Waals surface area contributed by atoms with Crippen molar-refractivity contribution >= 4 is 28.4 Å². The zero-order valence-corrected chi connectivity index (χ0v) is 17.3. The minimum absolute atomic E-state index is 0.138. The Hall–Kier alpha value is -3.45. The van der Waals surface area contributed by atoms with Gasteiger partial charge >= 0.3 is 0 Å². The summed E-state index contributed by atoms with van der Waals surface area (Å²) in [4.78, 5) is 18.0. The molecule has 1 atom stereocenters. The second-order valence-corrected chi connectivity index (χ2v) is 7.95. The second kappa shape index (κ2) is 7.42. The number of hydrogen-bond acceptors (Lipinski definition) is 6. The lowest BCUT2D eigenvalue weighted by Gasteiger charge is -2.22. The largest absolute Gasteiger partial charge is 0.494 e. The molecule has 0 saturated heterocycles. The average molecular weight is 417 g/mol. The van der Waals surface area contributed by atoms with Gasteiger partial charge in [-0.25, -0.2) is 0 Å². The Labute approximate surface area is 176 Å². The molecule has 30 heavy (non-hydrogen) atoms. The molecule has 0 unspecified atom stereocenters. The fourth-order valence-corrected chi connectivity index (χ4v) is 4.30. The quantitative estimate of drug-likeness (QED) is 0.508. The first kappa shape index (κ1) is 18.6. The third kappa shape index (κ3) is 3.27. The maximum absolute atomic E-state index is 12.9. The number of nitrogens with zero attached hydrogens (tertiary/aromatic N) is 3. The van der Waals surface area contributed by atoms with E-state index in [1.165, 1.54) is 15.9 Å². The van der Waals surface area contributed by atoms with Gasteiger partial charge in [0.2, 0.25) is 4.96 Å². The summed E-state index contributed by atoms with van der Waals surface area (Å²) in [6, 6.07) is 15.4. The normalized spacial score (nSPS) is 16.3. The summed E-state index contributed by atoms with van der Waals surface area (Å²) in [6.45, 7) is 4.53. The summed E-state index contributed by atoms with van der Waals surface area (Å²) in [5.74, 6) is 2.17. The molecule has 3 heterocycles. The van der Waals surface area contributed by atoms with Crippen LogP contribution in [0.15, 0.2) is 58.9 Å². The fraction of sp³-hybridized carbons (Fsp3) is 0.174. The van der Waals surface area contributed by atoms with Crippen molar-refractivity contribution in [1.29, 1.82) is 0 Å². The Morgan fingerprint density at radius 3 is 2.77 bits per heavy atom. The summed E-state index contributed by atoms with van der Waals surface area (Å²) in [6.07, 6.45) is 3.80. The third-order valence-corrected chi connectivity index (χ3v) is 5.88. The molecular formula is C23H19N3O3S. The smallest absolute Gasteiger partial charge is 0.291 e. The van der Waals surface area contributed by atoms with Crippen LogP contribution in [-0.4, -0.2) is 27.3 Å². The molecular weight excluding hydrogens is 398 g/mol. The van der Waals surface area contributed by atoms with E-state index in [9.17, 15) is 4.79 Å². The van der Waals surface area contributed by atoms with Gasteiger partial charge in [-0.05, 0) is 61.9 Å². The van der Waals surface area contributed by atoms with Crippen molar-refractivity contribution in [3.05, 3.63) is 74.6 Å². The highest BCUT2D eigenvalue weighted by atomic mass is 32.1. The lowest BCUT2D eigenvalue weighted by Crippen LogP contribution is -2.26. The van der Waals surface area contributed by atoms with Gasteiger partial charge in [-0.1, -0.05) is 29.5 Å². The van der Waals surface area contributed by atoms with E-state index in [2.05, 4.69) is 16.2 Å². The van der Waals surface area contributed by atoms with E-state index in [0.29, 0.717) is 21.9 Å². The zero-order valence-electron chi connectivity index (χ0n) is 16.5. The number of thiazole rings is 1. The third-order valence-electron chi connectivity index (χ3n) is 4.92. The van der Waals surface area contributed by atoms with Gasteiger partial charge in [0.15, 0.2) is 5.82 Å². The minimum atomic E-state index is -0.174. The van der Waals surface area contributed by atoms with Gasteiger partial charge in [0.05, 0.1) is 11.1 Å². The van der Waals surface area contributed by atoms with E-state index in [-0.39, 0.29) is 11.7 Å². The Kier molecular flexibility index (Phi) is 4.59. The van der Waals surface area contributed by atoms with Gasteiger partial charge in [0.1, 0.15) is 17.6 Å². The Morgan fingerprint density at radius 1 is 1.20 bits per heavy atom. The van der Waals surface area contributed by atoms with E-state index >= 15 is 0 Å². The summed E-state index contributed by atoms with van der Waals surface area (Å²) >= 11 is 1.33. The van der Waals surface area contributed by atoms with Crippen molar-refractivity contribution in [2.45, 2.75) is 20.0 Å². The molecule has 0 spiro atoms. The molecule has 7 heteroatoms. The van der Waals surface area contributed by atoms with Crippen LogP contribution in [0, 0.1) is 0 Å². The van der Waals surface area contributed by atoms with Crippen LogP contribution in [0.25, 0.3) is 28.5 Å². The molecule has 1 aliphatic heterocycles. The monoisotopic (exact) mass is 417 g/mol. The number of aromatic nitrogens is 3. The maximum Gasteiger partial charge on any atom is 0.291 e. The number of rotatable bonds is 4. The molecule has 0 fully saturated rings. The fourth-order valence-electron chi connectivity index (χ4n) is 3.40. The predicted octanol–water partition coefficient (Wildman–Crippen LogP) is 3.58. The van der Waals surface area contributed by atoms with Crippen molar-refractivity contribution < 1.29 is 9.47 Å². The molecule has 4 aromatic rings. The molecule has 0 N–H and O–H groups in total. The standard InChI is InChI=1S/C23H19N3O3S/c1-3-28-18-10-8-15(9-11-18)21-24-23-26(25-21)22(27)20(30-23)13-17-12-16-6-4-5-7-19(16)29-14(17)2/h4-14H,3H2,1-2H3/b20-13-/t14-/m0/s1. The van der Waals surface area contributed by atoms with Crippen LogP contribution in [0.4, 0.5) is 0 Å². The van der Waals surface area contributed by atoms with Crippen LogP contribution in [0.1, 0.15) is 19.4 Å². The summed E-state index contributed by atoms with van der Waals surface area (Å²) < 4.78 is 13.4. The summed E-state index contributed by atoms with van der Waals surface area (Å²) in [5, 5.41) is 4.42. The molecule has 0 amide bonds. The number of para-hydroxylation sites is 1. The van der Waals surface area contributed by atoms with E-state index in [1.54, 1.807) is 0 Å². The molecule has 1 aliphatic rings. The Bertz CT molecular complexity index is 1370. The van der Waals surface area contributed by atoms with Crippen LogP contribution >= 0.6 is 11.3 Å². The maximum atomic E-state index is 12.9. The Balaban J connectivity index is 1.51. The topological polar surface area (TPSA) is 65.7 Å². The molecule has 150 valence electrons. The van der Waals surface area contributed by atoms with E-state index in [4.69, 9.17) is 9.47 Å². The predicted molar refractivity (Wildman–Crippen MR) is 118 cm³/mol. The molecule has 0 aliphatic carbocycles. The number of fused-ring (bicyclic) bond motifs is 2. The minimum Gasteiger partial charge on any atom is -0.494 e.